The molecule has 0 bridgehead atoms. The number of nitrogens with zero attached hydrogens (tertiary/aromatic N) is 1. The quantitative estimate of drug-likeness (QED) is 0.240. The monoisotopic (exact) mass is 447 g/mol. The second-order valence-electron chi connectivity index (χ2n) is 7.87. The molecule has 0 spiro atoms. The van der Waals surface area contributed by atoms with E-state index in [-0.39, 0.29) is 12.5 Å². The lowest BCUT2D eigenvalue weighted by Gasteiger charge is -2.22. The van der Waals surface area contributed by atoms with Gasteiger partial charge in [0.15, 0.2) is 0 Å². The Balaban J connectivity index is 1.79. The molecule has 0 aliphatic carbocycles. The Morgan fingerprint density at radius 2 is 2.00 bits per heavy atom. The molecule has 1 aliphatic rings. The summed E-state index contributed by atoms with van der Waals surface area (Å²) in [5.74, 6) is 1.18. The number of carbonyl (C=O) groups is 2. The Morgan fingerprint density at radius 1 is 1.28 bits per heavy atom. The summed E-state index contributed by atoms with van der Waals surface area (Å²) in [6.45, 7) is 0.223. The average molecular weight is 448 g/mol. The lowest BCUT2D eigenvalue weighted by atomic mass is 10.1. The Kier molecular flexibility index (Phi) is 10.4. The number of carbonyl (C=O) groups excluding carboxylic acids is 2. The zero-order chi connectivity index (χ0) is 23.4. The fraction of sp³-hybridized carbons (Fsp3) is 0.520. The van der Waals surface area contributed by atoms with Crippen molar-refractivity contribution in [2.45, 2.75) is 69.4 Å². The van der Waals surface area contributed by atoms with Gasteiger partial charge >= 0.3 is 11.9 Å². The number of alkyl halides is 2. The van der Waals surface area contributed by atoms with Gasteiger partial charge < -0.3 is 14.7 Å². The Hall–Kier alpha value is -2.72. The van der Waals surface area contributed by atoms with E-state index in [4.69, 9.17) is 0 Å². The molecule has 1 amide bonds. The van der Waals surface area contributed by atoms with Crippen LogP contribution in [0.5, 0.6) is 0 Å². The first-order chi connectivity index (χ1) is 15.3. The summed E-state index contributed by atoms with van der Waals surface area (Å²) < 4.78 is 32.5. The minimum absolute atomic E-state index is 0.223. The standard InChI is InChI=1S/C25H31F2NO4/c1-32-23(30)15-7-2-3-10-18-28-21(19-25(26,27)24(28)31)16-17-22(29)14-9-8-13-20-11-5-4-6-12-20/h4-6,11-12,16-17,21-22,29H,2-3,7,9-10,14-15,18-19H2,1H3/b17-16+/t21-,22-/m0/s1. The maximum Gasteiger partial charge on any atom is 0.327 e. The van der Waals surface area contributed by atoms with E-state index in [9.17, 15) is 23.5 Å². The first-order valence-corrected chi connectivity index (χ1v) is 11.0. The molecule has 2 rings (SSSR count). The molecule has 0 radical (unpaired) electrons. The Morgan fingerprint density at radius 3 is 2.72 bits per heavy atom. The zero-order valence-electron chi connectivity index (χ0n) is 18.4. The molecule has 0 aromatic heterocycles. The van der Waals surface area contributed by atoms with E-state index in [0.717, 1.165) is 18.4 Å². The zero-order valence-corrected chi connectivity index (χ0v) is 18.4. The highest BCUT2D eigenvalue weighted by molar-refractivity contribution is 5.86. The van der Waals surface area contributed by atoms with E-state index in [1.54, 1.807) is 0 Å². The van der Waals surface area contributed by atoms with Crippen molar-refractivity contribution in [2.24, 2.45) is 0 Å². The summed E-state index contributed by atoms with van der Waals surface area (Å²) in [5.41, 5.74) is 0.894. The SMILES string of the molecule is COC(=O)CCCCCCN1C(=O)C(F)(F)C[C@@H]1/C=C/[C@@H](O)CCC#Cc1ccccc1. The van der Waals surface area contributed by atoms with Crippen LogP contribution in [0.25, 0.3) is 0 Å². The van der Waals surface area contributed by atoms with Crippen molar-refractivity contribution >= 4 is 11.9 Å². The van der Waals surface area contributed by atoms with Crippen LogP contribution in [0.1, 0.15) is 56.9 Å². The minimum Gasteiger partial charge on any atom is -0.469 e. The van der Waals surface area contributed by atoms with Crippen LogP contribution in [0.4, 0.5) is 8.78 Å². The van der Waals surface area contributed by atoms with Crippen molar-refractivity contribution in [1.82, 2.24) is 4.90 Å². The van der Waals surface area contributed by atoms with Crippen LogP contribution in [-0.4, -0.2) is 53.6 Å². The fourth-order valence-electron chi connectivity index (χ4n) is 3.53. The summed E-state index contributed by atoms with van der Waals surface area (Å²) in [5, 5.41) is 10.1. The molecule has 1 aliphatic heterocycles. The summed E-state index contributed by atoms with van der Waals surface area (Å²) >= 11 is 0. The van der Waals surface area contributed by atoms with E-state index < -0.39 is 30.4 Å². The number of methoxy groups -OCH3 is 1. The van der Waals surface area contributed by atoms with E-state index in [1.165, 1.54) is 24.2 Å². The summed E-state index contributed by atoms with van der Waals surface area (Å²) in [4.78, 5) is 24.4. The largest absolute Gasteiger partial charge is 0.469 e. The third kappa shape index (κ3) is 8.43. The number of hydrogen-bond donors (Lipinski definition) is 1. The number of halogens is 2. The number of aliphatic hydroxyl groups is 1. The van der Waals surface area contributed by atoms with Gasteiger partial charge in [0.05, 0.1) is 19.3 Å². The number of ether oxygens (including phenoxy) is 1. The van der Waals surface area contributed by atoms with Gasteiger partial charge in [-0.3, -0.25) is 9.59 Å². The van der Waals surface area contributed by atoms with Gasteiger partial charge in [0.2, 0.25) is 0 Å². The molecule has 5 nitrogen and oxygen atoms in total. The smallest absolute Gasteiger partial charge is 0.327 e. The maximum atomic E-state index is 14.0. The molecule has 2 atom stereocenters. The normalized spacial score (nSPS) is 18.4. The maximum absolute atomic E-state index is 14.0. The Labute approximate surface area is 188 Å². The molecule has 1 aromatic carbocycles. The molecule has 1 heterocycles. The molecule has 1 saturated heterocycles. The summed E-state index contributed by atoms with van der Waals surface area (Å²) in [7, 11) is 1.34. The lowest BCUT2D eigenvalue weighted by Crippen LogP contribution is -2.36. The molecule has 1 N–H and O–H groups in total. The van der Waals surface area contributed by atoms with Crippen LogP contribution in [0.2, 0.25) is 0 Å². The van der Waals surface area contributed by atoms with Gasteiger partial charge in [-0.2, -0.15) is 8.78 Å². The van der Waals surface area contributed by atoms with Crippen LogP contribution in [0, 0.1) is 11.8 Å². The lowest BCUT2D eigenvalue weighted by molar-refractivity contribution is -0.148. The third-order valence-electron chi connectivity index (χ3n) is 5.32. The highest BCUT2D eigenvalue weighted by Crippen LogP contribution is 2.34. The van der Waals surface area contributed by atoms with Crippen LogP contribution in [-0.2, 0) is 14.3 Å². The predicted octanol–water partition coefficient (Wildman–Crippen LogP) is 4.10. The number of amides is 1. The van der Waals surface area contributed by atoms with Gasteiger partial charge in [-0.25, -0.2) is 0 Å². The van der Waals surface area contributed by atoms with E-state index in [0.29, 0.717) is 32.1 Å². The van der Waals surface area contributed by atoms with E-state index in [2.05, 4.69) is 16.6 Å². The van der Waals surface area contributed by atoms with Gasteiger partial charge in [0.25, 0.3) is 5.91 Å². The van der Waals surface area contributed by atoms with Gasteiger partial charge in [0, 0.05) is 31.4 Å². The highest BCUT2D eigenvalue weighted by atomic mass is 19.3. The molecule has 0 unspecified atom stereocenters. The van der Waals surface area contributed by atoms with Crippen molar-refractivity contribution in [2.75, 3.05) is 13.7 Å². The van der Waals surface area contributed by atoms with Crippen molar-refractivity contribution < 1.29 is 28.2 Å². The topological polar surface area (TPSA) is 66.8 Å². The molecular weight excluding hydrogens is 416 g/mol. The van der Waals surface area contributed by atoms with Crippen LogP contribution >= 0.6 is 0 Å². The van der Waals surface area contributed by atoms with E-state index in [1.807, 2.05) is 30.3 Å². The highest BCUT2D eigenvalue weighted by Gasteiger charge is 2.52. The minimum atomic E-state index is -3.38. The molecular formula is C25H31F2NO4. The summed E-state index contributed by atoms with van der Waals surface area (Å²) in [6, 6.07) is 8.76. The Bertz CT molecular complexity index is 829. The first-order valence-electron chi connectivity index (χ1n) is 11.0. The van der Waals surface area contributed by atoms with Crippen molar-refractivity contribution in [3.8, 4) is 11.8 Å². The third-order valence-corrected chi connectivity index (χ3v) is 5.32. The van der Waals surface area contributed by atoms with Crippen LogP contribution < -0.4 is 0 Å². The number of esters is 1. The second kappa shape index (κ2) is 13.0. The number of likely N-dealkylation sites (tertiary alicyclic amines) is 1. The van der Waals surface area contributed by atoms with Crippen LogP contribution in [0.15, 0.2) is 42.5 Å². The van der Waals surface area contributed by atoms with Crippen molar-refractivity contribution in [1.29, 1.82) is 0 Å². The summed E-state index contributed by atoms with van der Waals surface area (Å²) in [6.07, 6.45) is 5.50. The number of aliphatic hydroxyl groups excluding tert-OH is 1. The van der Waals surface area contributed by atoms with Crippen molar-refractivity contribution in [3.05, 3.63) is 48.0 Å². The number of unbranched alkanes of at least 4 members (excludes halogenated alkanes) is 3. The molecule has 174 valence electrons. The molecule has 32 heavy (non-hydrogen) atoms. The number of hydrogen-bond acceptors (Lipinski definition) is 4. The van der Waals surface area contributed by atoms with Gasteiger partial charge in [-0.1, -0.05) is 55.0 Å². The molecule has 0 saturated carbocycles. The van der Waals surface area contributed by atoms with Crippen molar-refractivity contribution in [3.63, 3.8) is 0 Å². The van der Waals surface area contributed by atoms with E-state index >= 15 is 0 Å². The van der Waals surface area contributed by atoms with Gasteiger partial charge in [0.1, 0.15) is 0 Å². The second-order valence-corrected chi connectivity index (χ2v) is 7.87. The van der Waals surface area contributed by atoms with Gasteiger partial charge in [-0.15, -0.1) is 0 Å². The molecule has 1 aromatic rings. The predicted molar refractivity (Wildman–Crippen MR) is 118 cm³/mol. The van der Waals surface area contributed by atoms with Crippen LogP contribution in [0.3, 0.4) is 0 Å². The molecule has 7 heteroatoms. The average Bonchev–Trinajstić information content (AvgIpc) is 3.00. The number of rotatable bonds is 11. The first kappa shape index (κ1) is 25.5. The number of benzene rings is 1. The fourth-order valence-corrected chi connectivity index (χ4v) is 3.53. The van der Waals surface area contributed by atoms with Gasteiger partial charge in [-0.05, 0) is 31.4 Å². The molecule has 1 fully saturated rings.